The van der Waals surface area contributed by atoms with Gasteiger partial charge in [0.1, 0.15) is 0 Å². The molecule has 0 saturated carbocycles. The molecule has 0 saturated heterocycles. The smallest absolute Gasteiger partial charge is 0.258 e. The van der Waals surface area contributed by atoms with Crippen molar-refractivity contribution in [2.75, 3.05) is 0 Å². The van der Waals surface area contributed by atoms with Gasteiger partial charge in [0.15, 0.2) is 0 Å². The minimum Gasteiger partial charge on any atom is -0.334 e. The summed E-state index contributed by atoms with van der Waals surface area (Å²) >= 11 is 9.51. The molecular formula is C15H10BrClN2O. The van der Waals surface area contributed by atoms with Crippen LogP contribution in [-0.2, 0) is 0 Å². The van der Waals surface area contributed by atoms with Crippen LogP contribution in [0.15, 0.2) is 51.5 Å². The number of halogens is 2. The number of rotatable bonds is 2. The number of hydrogen-bond donors (Lipinski definition) is 0. The molecule has 0 unspecified atom stereocenters. The summed E-state index contributed by atoms with van der Waals surface area (Å²) in [5, 5.41) is 4.69. The maximum atomic E-state index is 6.11. The van der Waals surface area contributed by atoms with Gasteiger partial charge in [-0.2, -0.15) is 4.98 Å². The molecule has 3 aromatic rings. The SMILES string of the molecule is Cc1ccc(-c2nc(-c3ccc(Br)cc3)no2)cc1Cl. The van der Waals surface area contributed by atoms with Crippen molar-refractivity contribution < 1.29 is 4.52 Å². The van der Waals surface area contributed by atoms with Crippen molar-refractivity contribution in [3.05, 3.63) is 57.5 Å². The Kier molecular flexibility index (Phi) is 3.59. The van der Waals surface area contributed by atoms with E-state index in [0.717, 1.165) is 21.2 Å². The summed E-state index contributed by atoms with van der Waals surface area (Å²) in [6, 6.07) is 13.4. The fourth-order valence-corrected chi connectivity index (χ4v) is 2.23. The Morgan fingerprint density at radius 3 is 2.45 bits per heavy atom. The summed E-state index contributed by atoms with van der Waals surface area (Å²) in [7, 11) is 0. The summed E-state index contributed by atoms with van der Waals surface area (Å²) in [5.41, 5.74) is 2.74. The topological polar surface area (TPSA) is 38.9 Å². The van der Waals surface area contributed by atoms with Gasteiger partial charge in [-0.1, -0.05) is 38.8 Å². The van der Waals surface area contributed by atoms with Gasteiger partial charge in [0, 0.05) is 20.6 Å². The second-order valence-electron chi connectivity index (χ2n) is 4.39. The first kappa shape index (κ1) is 13.3. The van der Waals surface area contributed by atoms with Gasteiger partial charge in [0.2, 0.25) is 5.82 Å². The third kappa shape index (κ3) is 2.62. The second-order valence-corrected chi connectivity index (χ2v) is 5.72. The highest BCUT2D eigenvalue weighted by atomic mass is 79.9. The summed E-state index contributed by atoms with van der Waals surface area (Å²) in [6.07, 6.45) is 0. The highest BCUT2D eigenvalue weighted by Gasteiger charge is 2.11. The normalized spacial score (nSPS) is 10.8. The van der Waals surface area contributed by atoms with E-state index in [1.807, 2.05) is 49.4 Å². The molecule has 0 atom stereocenters. The molecule has 20 heavy (non-hydrogen) atoms. The standard InChI is InChI=1S/C15H10BrClN2O/c1-9-2-3-11(8-13(9)17)15-18-14(19-20-15)10-4-6-12(16)7-5-10/h2-8H,1H3. The molecule has 5 heteroatoms. The monoisotopic (exact) mass is 348 g/mol. The van der Waals surface area contributed by atoms with Crippen molar-refractivity contribution in [2.45, 2.75) is 6.92 Å². The van der Waals surface area contributed by atoms with E-state index in [0.29, 0.717) is 16.7 Å². The first-order valence-electron chi connectivity index (χ1n) is 5.99. The molecule has 3 rings (SSSR count). The zero-order valence-corrected chi connectivity index (χ0v) is 12.9. The molecule has 1 aromatic heterocycles. The van der Waals surface area contributed by atoms with Crippen LogP contribution in [0.5, 0.6) is 0 Å². The molecule has 0 fully saturated rings. The van der Waals surface area contributed by atoms with Gasteiger partial charge in [0.05, 0.1) is 0 Å². The number of benzene rings is 2. The molecule has 0 N–H and O–H groups in total. The lowest BCUT2D eigenvalue weighted by molar-refractivity contribution is 0.432. The van der Waals surface area contributed by atoms with Gasteiger partial charge in [-0.25, -0.2) is 0 Å². The average molecular weight is 350 g/mol. The lowest BCUT2D eigenvalue weighted by Gasteiger charge is -1.98. The predicted molar refractivity (Wildman–Crippen MR) is 82.6 cm³/mol. The fourth-order valence-electron chi connectivity index (χ4n) is 1.78. The fraction of sp³-hybridized carbons (Fsp3) is 0.0667. The van der Waals surface area contributed by atoms with Crippen molar-refractivity contribution in [3.8, 4) is 22.8 Å². The first-order valence-corrected chi connectivity index (χ1v) is 7.17. The molecule has 2 aromatic carbocycles. The third-order valence-electron chi connectivity index (χ3n) is 2.95. The zero-order chi connectivity index (χ0) is 14.1. The van der Waals surface area contributed by atoms with E-state index in [9.17, 15) is 0 Å². The minimum absolute atomic E-state index is 0.463. The molecular weight excluding hydrogens is 340 g/mol. The van der Waals surface area contributed by atoms with Gasteiger partial charge in [-0.05, 0) is 48.9 Å². The summed E-state index contributed by atoms with van der Waals surface area (Å²) in [4.78, 5) is 4.40. The van der Waals surface area contributed by atoms with Crippen molar-refractivity contribution in [3.63, 3.8) is 0 Å². The van der Waals surface area contributed by atoms with E-state index in [1.165, 1.54) is 0 Å². The Balaban J connectivity index is 1.97. The molecule has 0 aliphatic heterocycles. The molecule has 0 spiro atoms. The summed E-state index contributed by atoms with van der Waals surface area (Å²) < 4.78 is 6.31. The largest absolute Gasteiger partial charge is 0.334 e. The van der Waals surface area contributed by atoms with E-state index >= 15 is 0 Å². The molecule has 0 amide bonds. The average Bonchev–Trinajstić information content (AvgIpc) is 2.92. The van der Waals surface area contributed by atoms with Crippen LogP contribution >= 0.6 is 27.5 Å². The quantitative estimate of drug-likeness (QED) is 0.644. The van der Waals surface area contributed by atoms with Crippen LogP contribution in [0, 0.1) is 6.92 Å². The van der Waals surface area contributed by atoms with Crippen molar-refractivity contribution in [1.82, 2.24) is 10.1 Å². The lowest BCUT2D eigenvalue weighted by Crippen LogP contribution is -1.82. The number of aromatic nitrogens is 2. The van der Waals surface area contributed by atoms with Crippen LogP contribution in [0.2, 0.25) is 5.02 Å². The summed E-state index contributed by atoms with van der Waals surface area (Å²) in [5.74, 6) is 1.02. The Morgan fingerprint density at radius 2 is 1.75 bits per heavy atom. The van der Waals surface area contributed by atoms with Gasteiger partial charge in [-0.15, -0.1) is 0 Å². The van der Waals surface area contributed by atoms with E-state index in [1.54, 1.807) is 0 Å². The number of hydrogen-bond acceptors (Lipinski definition) is 3. The van der Waals surface area contributed by atoms with E-state index < -0.39 is 0 Å². The van der Waals surface area contributed by atoms with Gasteiger partial charge < -0.3 is 4.52 Å². The Morgan fingerprint density at radius 1 is 1.05 bits per heavy atom. The number of aryl methyl sites for hydroxylation is 1. The molecule has 0 aliphatic rings. The first-order chi connectivity index (χ1) is 9.63. The lowest BCUT2D eigenvalue weighted by atomic mass is 10.1. The Hall–Kier alpha value is -1.65. The van der Waals surface area contributed by atoms with Gasteiger partial charge in [0.25, 0.3) is 5.89 Å². The van der Waals surface area contributed by atoms with Crippen molar-refractivity contribution >= 4 is 27.5 Å². The maximum Gasteiger partial charge on any atom is 0.258 e. The van der Waals surface area contributed by atoms with Crippen LogP contribution in [-0.4, -0.2) is 10.1 Å². The van der Waals surface area contributed by atoms with Crippen molar-refractivity contribution in [2.24, 2.45) is 0 Å². The van der Waals surface area contributed by atoms with E-state index in [2.05, 4.69) is 26.1 Å². The van der Waals surface area contributed by atoms with Gasteiger partial charge in [-0.3, -0.25) is 0 Å². The highest BCUT2D eigenvalue weighted by Crippen LogP contribution is 2.26. The molecule has 3 nitrogen and oxygen atoms in total. The van der Waals surface area contributed by atoms with Gasteiger partial charge >= 0.3 is 0 Å². The van der Waals surface area contributed by atoms with Crippen LogP contribution in [0.4, 0.5) is 0 Å². The van der Waals surface area contributed by atoms with Crippen LogP contribution in [0.25, 0.3) is 22.8 Å². The molecule has 0 aliphatic carbocycles. The Labute approximate surface area is 129 Å². The van der Waals surface area contributed by atoms with Crippen molar-refractivity contribution in [1.29, 1.82) is 0 Å². The minimum atomic E-state index is 0.463. The molecule has 1 heterocycles. The van der Waals surface area contributed by atoms with Crippen LogP contribution in [0.3, 0.4) is 0 Å². The predicted octanol–water partition coefficient (Wildman–Crippen LogP) is 5.13. The zero-order valence-electron chi connectivity index (χ0n) is 10.6. The van der Waals surface area contributed by atoms with Crippen LogP contribution in [0.1, 0.15) is 5.56 Å². The van der Waals surface area contributed by atoms with E-state index in [4.69, 9.17) is 16.1 Å². The van der Waals surface area contributed by atoms with E-state index in [-0.39, 0.29) is 0 Å². The maximum absolute atomic E-state index is 6.11. The highest BCUT2D eigenvalue weighted by molar-refractivity contribution is 9.10. The molecule has 0 bridgehead atoms. The van der Waals surface area contributed by atoms with Crippen LogP contribution < -0.4 is 0 Å². The third-order valence-corrected chi connectivity index (χ3v) is 3.88. The molecule has 0 radical (unpaired) electrons. The number of nitrogens with zero attached hydrogens (tertiary/aromatic N) is 2. The second kappa shape index (κ2) is 5.38. The molecule has 100 valence electrons. The summed E-state index contributed by atoms with van der Waals surface area (Å²) in [6.45, 7) is 1.95. The Bertz CT molecular complexity index is 753.